The molecule has 0 unspecified atom stereocenters. The minimum Gasteiger partial charge on any atom is -0.497 e. The van der Waals surface area contributed by atoms with Gasteiger partial charge in [0.2, 0.25) is 0 Å². The van der Waals surface area contributed by atoms with Crippen molar-refractivity contribution in [2.75, 3.05) is 12.4 Å². The van der Waals surface area contributed by atoms with Crippen LogP contribution in [-0.4, -0.2) is 17.1 Å². The normalized spacial score (nSPS) is 10.3. The summed E-state index contributed by atoms with van der Waals surface area (Å²) < 4.78 is 11.1. The Labute approximate surface area is 141 Å². The van der Waals surface area contributed by atoms with Gasteiger partial charge in [-0.3, -0.25) is 4.98 Å². The van der Waals surface area contributed by atoms with E-state index in [0.717, 1.165) is 28.6 Å². The van der Waals surface area contributed by atoms with Gasteiger partial charge in [-0.05, 0) is 56.3 Å². The number of nitrogens with zero attached hydrogens (tertiary/aromatic N) is 2. The third kappa shape index (κ3) is 3.81. The van der Waals surface area contributed by atoms with Gasteiger partial charge in [-0.25, -0.2) is 4.98 Å². The van der Waals surface area contributed by atoms with Crippen molar-refractivity contribution in [1.82, 2.24) is 9.97 Å². The van der Waals surface area contributed by atoms with Crippen LogP contribution < -0.4 is 14.8 Å². The first-order chi connectivity index (χ1) is 11.6. The first-order valence-electron chi connectivity index (χ1n) is 7.63. The van der Waals surface area contributed by atoms with E-state index in [9.17, 15) is 0 Å². The topological polar surface area (TPSA) is 56.3 Å². The Kier molecular flexibility index (Phi) is 4.61. The zero-order valence-corrected chi connectivity index (χ0v) is 13.9. The molecule has 5 heteroatoms. The van der Waals surface area contributed by atoms with E-state index in [1.807, 2.05) is 62.4 Å². The molecule has 0 saturated heterocycles. The summed E-state index contributed by atoms with van der Waals surface area (Å²) in [7, 11) is 1.65. The van der Waals surface area contributed by atoms with E-state index in [1.165, 1.54) is 0 Å². The third-order valence-electron chi connectivity index (χ3n) is 3.50. The average molecular weight is 321 g/mol. The summed E-state index contributed by atoms with van der Waals surface area (Å²) in [5.41, 5.74) is 2.75. The number of aromatic nitrogens is 2. The van der Waals surface area contributed by atoms with Crippen LogP contribution in [0, 0.1) is 13.8 Å². The quantitative estimate of drug-likeness (QED) is 0.742. The summed E-state index contributed by atoms with van der Waals surface area (Å²) in [4.78, 5) is 8.73. The molecule has 0 atom stereocenters. The van der Waals surface area contributed by atoms with Crippen molar-refractivity contribution >= 4 is 11.5 Å². The zero-order chi connectivity index (χ0) is 16.9. The van der Waals surface area contributed by atoms with Crippen LogP contribution in [0.4, 0.5) is 11.5 Å². The van der Waals surface area contributed by atoms with Crippen LogP contribution >= 0.6 is 0 Å². The number of methoxy groups -OCH3 is 1. The minimum atomic E-state index is 0.703. The third-order valence-corrected chi connectivity index (χ3v) is 3.50. The van der Waals surface area contributed by atoms with Gasteiger partial charge in [0.1, 0.15) is 23.1 Å². The van der Waals surface area contributed by atoms with Gasteiger partial charge in [-0.2, -0.15) is 0 Å². The molecule has 0 amide bonds. The van der Waals surface area contributed by atoms with Crippen LogP contribution in [-0.2, 0) is 0 Å². The molecule has 3 rings (SSSR count). The lowest BCUT2D eigenvalue weighted by Gasteiger charge is -2.11. The van der Waals surface area contributed by atoms with E-state index in [4.69, 9.17) is 9.47 Å². The molecule has 0 aliphatic carbocycles. The van der Waals surface area contributed by atoms with Crippen LogP contribution in [0.5, 0.6) is 17.2 Å². The zero-order valence-electron chi connectivity index (χ0n) is 13.9. The molecule has 0 saturated carbocycles. The van der Waals surface area contributed by atoms with Gasteiger partial charge in [0.05, 0.1) is 12.8 Å². The highest BCUT2D eigenvalue weighted by molar-refractivity contribution is 5.58. The Morgan fingerprint density at radius 1 is 0.917 bits per heavy atom. The van der Waals surface area contributed by atoms with Crippen molar-refractivity contribution in [2.24, 2.45) is 0 Å². The molecule has 0 aliphatic rings. The minimum absolute atomic E-state index is 0.703. The molecule has 24 heavy (non-hydrogen) atoms. The lowest BCUT2D eigenvalue weighted by atomic mass is 10.3. The monoisotopic (exact) mass is 321 g/mol. The highest BCUT2D eigenvalue weighted by atomic mass is 16.5. The second-order valence-corrected chi connectivity index (χ2v) is 5.37. The number of hydrogen-bond donors (Lipinski definition) is 1. The maximum atomic E-state index is 5.92. The van der Waals surface area contributed by atoms with Crippen LogP contribution in [0.3, 0.4) is 0 Å². The largest absolute Gasteiger partial charge is 0.497 e. The smallest absolute Gasteiger partial charge is 0.148 e. The summed E-state index contributed by atoms with van der Waals surface area (Å²) in [6.45, 7) is 3.89. The molecule has 1 N–H and O–H groups in total. The van der Waals surface area contributed by atoms with Crippen LogP contribution in [0.2, 0.25) is 0 Å². The van der Waals surface area contributed by atoms with E-state index >= 15 is 0 Å². The van der Waals surface area contributed by atoms with Gasteiger partial charge < -0.3 is 14.8 Å². The van der Waals surface area contributed by atoms with Crippen molar-refractivity contribution in [3.8, 4) is 17.2 Å². The SMILES string of the molecule is COc1ccc(Nc2cc(Oc3ccc(C)nc3C)ccn2)cc1. The number of rotatable bonds is 5. The van der Waals surface area contributed by atoms with Crippen molar-refractivity contribution in [3.63, 3.8) is 0 Å². The molecular weight excluding hydrogens is 302 g/mol. The fourth-order valence-corrected chi connectivity index (χ4v) is 2.27. The molecular formula is C19H19N3O2. The number of nitrogens with one attached hydrogen (secondary N) is 1. The molecule has 122 valence electrons. The van der Waals surface area contributed by atoms with E-state index < -0.39 is 0 Å². The molecule has 1 aromatic carbocycles. The molecule has 0 radical (unpaired) electrons. The Morgan fingerprint density at radius 2 is 1.71 bits per heavy atom. The van der Waals surface area contributed by atoms with Gasteiger partial charge in [-0.15, -0.1) is 0 Å². The second-order valence-electron chi connectivity index (χ2n) is 5.37. The van der Waals surface area contributed by atoms with Crippen LogP contribution in [0.25, 0.3) is 0 Å². The predicted octanol–water partition coefficient (Wildman–Crippen LogP) is 4.64. The first-order valence-corrected chi connectivity index (χ1v) is 7.63. The van der Waals surface area contributed by atoms with Crippen molar-refractivity contribution in [3.05, 3.63) is 66.1 Å². The van der Waals surface area contributed by atoms with Gasteiger partial charge in [0, 0.05) is 23.6 Å². The molecule has 5 nitrogen and oxygen atoms in total. The highest BCUT2D eigenvalue weighted by Gasteiger charge is 2.05. The Balaban J connectivity index is 1.75. The predicted molar refractivity (Wildman–Crippen MR) is 94.3 cm³/mol. The van der Waals surface area contributed by atoms with Crippen LogP contribution in [0.1, 0.15) is 11.4 Å². The molecule has 3 aromatic rings. The molecule has 2 aromatic heterocycles. The summed E-state index contributed by atoms with van der Waals surface area (Å²) in [6, 6.07) is 15.2. The molecule has 0 spiro atoms. The fraction of sp³-hybridized carbons (Fsp3) is 0.158. The summed E-state index contributed by atoms with van der Waals surface area (Å²) >= 11 is 0. The van der Waals surface area contributed by atoms with E-state index in [0.29, 0.717) is 11.6 Å². The average Bonchev–Trinajstić information content (AvgIpc) is 2.58. The highest BCUT2D eigenvalue weighted by Crippen LogP contribution is 2.26. The summed E-state index contributed by atoms with van der Waals surface area (Å²) in [6.07, 6.45) is 1.71. The number of hydrogen-bond acceptors (Lipinski definition) is 5. The molecule has 0 fully saturated rings. The molecule has 0 aliphatic heterocycles. The first kappa shape index (κ1) is 15.8. The van der Waals surface area contributed by atoms with Crippen molar-refractivity contribution in [2.45, 2.75) is 13.8 Å². The van der Waals surface area contributed by atoms with E-state index in [1.54, 1.807) is 13.3 Å². The number of aryl methyl sites for hydroxylation is 2. The van der Waals surface area contributed by atoms with Crippen molar-refractivity contribution < 1.29 is 9.47 Å². The Bertz CT molecular complexity index is 832. The maximum absolute atomic E-state index is 5.92. The Morgan fingerprint density at radius 3 is 2.42 bits per heavy atom. The van der Waals surface area contributed by atoms with Gasteiger partial charge in [-0.1, -0.05) is 0 Å². The molecule has 0 bridgehead atoms. The molecule has 2 heterocycles. The fourth-order valence-electron chi connectivity index (χ4n) is 2.27. The van der Waals surface area contributed by atoms with E-state index in [-0.39, 0.29) is 0 Å². The lowest BCUT2D eigenvalue weighted by molar-refractivity contribution is 0.415. The van der Waals surface area contributed by atoms with Crippen molar-refractivity contribution in [1.29, 1.82) is 0 Å². The van der Waals surface area contributed by atoms with E-state index in [2.05, 4.69) is 15.3 Å². The van der Waals surface area contributed by atoms with Crippen LogP contribution in [0.15, 0.2) is 54.7 Å². The summed E-state index contributed by atoms with van der Waals surface area (Å²) in [5.74, 6) is 2.96. The number of pyridine rings is 2. The summed E-state index contributed by atoms with van der Waals surface area (Å²) in [5, 5.41) is 3.24. The van der Waals surface area contributed by atoms with Gasteiger partial charge in [0.15, 0.2) is 0 Å². The number of ether oxygens (including phenoxy) is 2. The number of anilines is 2. The number of benzene rings is 1. The van der Waals surface area contributed by atoms with Gasteiger partial charge in [0.25, 0.3) is 0 Å². The second kappa shape index (κ2) is 7.00. The standard InChI is InChI=1S/C19H19N3O2/c1-13-4-9-18(14(2)21-13)24-17-10-11-20-19(12-17)22-15-5-7-16(23-3)8-6-15/h4-12H,1-3H3,(H,20,22). The maximum Gasteiger partial charge on any atom is 0.148 e. The Hall–Kier alpha value is -3.08. The van der Waals surface area contributed by atoms with Gasteiger partial charge >= 0.3 is 0 Å². The lowest BCUT2D eigenvalue weighted by Crippen LogP contribution is -1.96.